The standard InChI is InChI=1S/C12H20N2O4/c1-13-9(15)8-14(2)10(16)7-12(11(17)18)5-3-4-6-12/h3-8H2,1-2H3,(H,13,15)(H,17,18). The fourth-order valence-electron chi connectivity index (χ4n) is 2.33. The van der Waals surface area contributed by atoms with E-state index in [4.69, 9.17) is 0 Å². The second-order valence-corrected chi connectivity index (χ2v) is 4.89. The minimum absolute atomic E-state index is 0.0180. The van der Waals surface area contributed by atoms with E-state index in [9.17, 15) is 19.5 Å². The maximum absolute atomic E-state index is 11.9. The fourth-order valence-corrected chi connectivity index (χ4v) is 2.33. The SMILES string of the molecule is CNC(=O)CN(C)C(=O)CC1(C(=O)O)CCCC1. The first-order valence-electron chi connectivity index (χ1n) is 6.09. The number of rotatable bonds is 5. The zero-order chi connectivity index (χ0) is 13.8. The predicted molar refractivity (Wildman–Crippen MR) is 64.9 cm³/mol. The number of hydrogen-bond donors (Lipinski definition) is 2. The fraction of sp³-hybridized carbons (Fsp3) is 0.750. The third-order valence-electron chi connectivity index (χ3n) is 3.59. The van der Waals surface area contributed by atoms with Gasteiger partial charge in [-0.2, -0.15) is 0 Å². The zero-order valence-electron chi connectivity index (χ0n) is 10.9. The van der Waals surface area contributed by atoms with Gasteiger partial charge in [0.2, 0.25) is 11.8 Å². The second kappa shape index (κ2) is 5.84. The molecule has 0 spiro atoms. The van der Waals surface area contributed by atoms with E-state index in [2.05, 4.69) is 5.32 Å². The minimum Gasteiger partial charge on any atom is -0.481 e. The Balaban J connectivity index is 2.62. The van der Waals surface area contributed by atoms with Crippen molar-refractivity contribution in [3.63, 3.8) is 0 Å². The summed E-state index contributed by atoms with van der Waals surface area (Å²) in [6.45, 7) is -0.0367. The molecule has 1 aliphatic carbocycles. The number of carboxylic acid groups (broad SMARTS) is 1. The van der Waals surface area contributed by atoms with Crippen molar-refractivity contribution in [1.29, 1.82) is 0 Å². The first-order chi connectivity index (χ1) is 8.41. The summed E-state index contributed by atoms with van der Waals surface area (Å²) in [6.07, 6.45) is 2.76. The average Bonchev–Trinajstić information content (AvgIpc) is 2.78. The molecule has 102 valence electrons. The van der Waals surface area contributed by atoms with Crippen molar-refractivity contribution in [2.45, 2.75) is 32.1 Å². The lowest BCUT2D eigenvalue weighted by Crippen LogP contribution is -2.41. The normalized spacial score (nSPS) is 17.2. The van der Waals surface area contributed by atoms with Crippen LogP contribution in [-0.4, -0.2) is 48.4 Å². The van der Waals surface area contributed by atoms with E-state index in [0.717, 1.165) is 12.8 Å². The highest BCUT2D eigenvalue weighted by molar-refractivity contribution is 5.88. The van der Waals surface area contributed by atoms with Crippen LogP contribution in [0.25, 0.3) is 0 Å². The van der Waals surface area contributed by atoms with E-state index in [0.29, 0.717) is 12.8 Å². The number of likely N-dealkylation sites (N-methyl/N-ethyl adjacent to an activating group) is 2. The molecule has 6 nitrogen and oxygen atoms in total. The molecule has 2 amide bonds. The molecule has 2 N–H and O–H groups in total. The van der Waals surface area contributed by atoms with Crippen LogP contribution in [0, 0.1) is 5.41 Å². The predicted octanol–water partition coefficient (Wildman–Crippen LogP) is 0.226. The van der Waals surface area contributed by atoms with Crippen LogP contribution in [0.2, 0.25) is 0 Å². The number of nitrogens with one attached hydrogen (secondary N) is 1. The second-order valence-electron chi connectivity index (χ2n) is 4.89. The van der Waals surface area contributed by atoms with E-state index in [1.807, 2.05) is 0 Å². The largest absolute Gasteiger partial charge is 0.481 e. The van der Waals surface area contributed by atoms with Crippen molar-refractivity contribution in [1.82, 2.24) is 10.2 Å². The minimum atomic E-state index is -0.923. The number of nitrogens with zero attached hydrogens (tertiary/aromatic N) is 1. The zero-order valence-corrected chi connectivity index (χ0v) is 10.9. The molecule has 0 atom stereocenters. The molecule has 1 aliphatic rings. The lowest BCUT2D eigenvalue weighted by Gasteiger charge is -2.26. The van der Waals surface area contributed by atoms with Gasteiger partial charge in [0.05, 0.1) is 12.0 Å². The van der Waals surface area contributed by atoms with Crippen molar-refractivity contribution in [3.05, 3.63) is 0 Å². The Bertz CT molecular complexity index is 348. The van der Waals surface area contributed by atoms with Crippen LogP contribution in [0.5, 0.6) is 0 Å². The smallest absolute Gasteiger partial charge is 0.310 e. The third-order valence-corrected chi connectivity index (χ3v) is 3.59. The van der Waals surface area contributed by atoms with Gasteiger partial charge in [0, 0.05) is 20.5 Å². The Morgan fingerprint density at radius 2 is 1.83 bits per heavy atom. The topological polar surface area (TPSA) is 86.7 Å². The van der Waals surface area contributed by atoms with Gasteiger partial charge in [-0.05, 0) is 12.8 Å². The van der Waals surface area contributed by atoms with Crippen LogP contribution in [0.3, 0.4) is 0 Å². The summed E-state index contributed by atoms with van der Waals surface area (Å²) >= 11 is 0. The molecule has 18 heavy (non-hydrogen) atoms. The van der Waals surface area contributed by atoms with E-state index < -0.39 is 11.4 Å². The third kappa shape index (κ3) is 3.21. The van der Waals surface area contributed by atoms with Gasteiger partial charge < -0.3 is 15.3 Å². The number of hydrogen-bond acceptors (Lipinski definition) is 3. The number of carboxylic acids is 1. The number of carbonyl (C=O) groups is 3. The van der Waals surface area contributed by atoms with Crippen LogP contribution in [0.15, 0.2) is 0 Å². The van der Waals surface area contributed by atoms with Crippen molar-refractivity contribution >= 4 is 17.8 Å². The highest BCUT2D eigenvalue weighted by atomic mass is 16.4. The summed E-state index contributed by atoms with van der Waals surface area (Å²) in [4.78, 5) is 35.7. The van der Waals surface area contributed by atoms with Crippen LogP contribution in [-0.2, 0) is 14.4 Å². The summed E-state index contributed by atoms with van der Waals surface area (Å²) in [5, 5.41) is 11.7. The van der Waals surface area contributed by atoms with Crippen molar-refractivity contribution in [2.24, 2.45) is 5.41 Å². The molecule has 0 heterocycles. The van der Waals surface area contributed by atoms with E-state index in [-0.39, 0.29) is 24.8 Å². The molecule has 1 fully saturated rings. The van der Waals surface area contributed by atoms with Gasteiger partial charge in [-0.25, -0.2) is 0 Å². The maximum atomic E-state index is 11.9. The Labute approximate surface area is 106 Å². The molecule has 0 aliphatic heterocycles. The molecule has 1 rings (SSSR count). The van der Waals surface area contributed by atoms with Crippen molar-refractivity contribution in [3.8, 4) is 0 Å². The van der Waals surface area contributed by atoms with E-state index >= 15 is 0 Å². The molecular formula is C12H20N2O4. The molecule has 0 aromatic carbocycles. The first-order valence-corrected chi connectivity index (χ1v) is 6.09. The Morgan fingerprint density at radius 3 is 2.28 bits per heavy atom. The van der Waals surface area contributed by atoms with Gasteiger partial charge in [-0.1, -0.05) is 12.8 Å². The summed E-state index contributed by atoms with van der Waals surface area (Å²) in [6, 6.07) is 0. The van der Waals surface area contributed by atoms with Crippen LogP contribution >= 0.6 is 0 Å². The molecule has 6 heteroatoms. The summed E-state index contributed by atoms with van der Waals surface area (Å²) in [5.74, 6) is -1.45. The monoisotopic (exact) mass is 256 g/mol. The first kappa shape index (κ1) is 14.5. The molecule has 0 saturated heterocycles. The molecule has 0 unspecified atom stereocenters. The highest BCUT2D eigenvalue weighted by Crippen LogP contribution is 2.41. The lowest BCUT2D eigenvalue weighted by atomic mass is 9.82. The quantitative estimate of drug-likeness (QED) is 0.737. The molecule has 0 aromatic rings. The molecular weight excluding hydrogens is 236 g/mol. The van der Waals surface area contributed by atoms with Crippen LogP contribution < -0.4 is 5.32 Å². The Morgan fingerprint density at radius 1 is 1.28 bits per heavy atom. The molecule has 0 radical (unpaired) electrons. The van der Waals surface area contributed by atoms with E-state index in [1.54, 1.807) is 0 Å². The lowest BCUT2D eigenvalue weighted by molar-refractivity contribution is -0.153. The summed E-state index contributed by atoms with van der Waals surface area (Å²) in [7, 11) is 3.01. The average molecular weight is 256 g/mol. The Kier molecular flexibility index (Phi) is 4.69. The maximum Gasteiger partial charge on any atom is 0.310 e. The van der Waals surface area contributed by atoms with Gasteiger partial charge in [0.25, 0.3) is 0 Å². The van der Waals surface area contributed by atoms with Crippen LogP contribution in [0.1, 0.15) is 32.1 Å². The molecule has 0 bridgehead atoms. The highest BCUT2D eigenvalue weighted by Gasteiger charge is 2.43. The van der Waals surface area contributed by atoms with E-state index in [1.165, 1.54) is 19.0 Å². The number of aliphatic carboxylic acids is 1. The summed E-state index contributed by atoms with van der Waals surface area (Å²) in [5.41, 5.74) is -0.923. The van der Waals surface area contributed by atoms with Gasteiger partial charge in [0.1, 0.15) is 0 Å². The number of amides is 2. The van der Waals surface area contributed by atoms with Gasteiger partial charge in [-0.3, -0.25) is 14.4 Å². The van der Waals surface area contributed by atoms with Crippen molar-refractivity contribution < 1.29 is 19.5 Å². The van der Waals surface area contributed by atoms with Crippen LogP contribution in [0.4, 0.5) is 0 Å². The summed E-state index contributed by atoms with van der Waals surface area (Å²) < 4.78 is 0. The number of carbonyl (C=O) groups excluding carboxylic acids is 2. The molecule has 0 aromatic heterocycles. The van der Waals surface area contributed by atoms with Crippen molar-refractivity contribution in [2.75, 3.05) is 20.6 Å². The Hall–Kier alpha value is -1.59. The molecule has 1 saturated carbocycles. The van der Waals surface area contributed by atoms with Gasteiger partial charge in [-0.15, -0.1) is 0 Å². The van der Waals surface area contributed by atoms with Gasteiger partial charge in [0.15, 0.2) is 0 Å². The van der Waals surface area contributed by atoms with Gasteiger partial charge >= 0.3 is 5.97 Å².